The van der Waals surface area contributed by atoms with Gasteiger partial charge in [0.15, 0.2) is 5.16 Å². The molecule has 1 N–H and O–H groups in total. The van der Waals surface area contributed by atoms with Crippen LogP contribution in [0.1, 0.15) is 13.8 Å². The van der Waals surface area contributed by atoms with Crippen molar-refractivity contribution in [2.24, 2.45) is 0 Å². The second-order valence-electron chi connectivity index (χ2n) is 6.99. The molecular formula is C21H21N5O3S. The van der Waals surface area contributed by atoms with Crippen molar-refractivity contribution in [1.82, 2.24) is 24.5 Å². The third kappa shape index (κ3) is 3.63. The fourth-order valence-electron chi connectivity index (χ4n) is 3.25. The molecule has 1 amide bonds. The molecule has 0 aliphatic heterocycles. The van der Waals surface area contributed by atoms with Crippen LogP contribution in [0, 0.1) is 0 Å². The van der Waals surface area contributed by atoms with Crippen molar-refractivity contribution in [2.75, 3.05) is 12.9 Å². The van der Waals surface area contributed by atoms with Gasteiger partial charge in [-0.25, -0.2) is 4.57 Å². The number of amides is 1. The van der Waals surface area contributed by atoms with E-state index in [1.807, 2.05) is 54.6 Å². The van der Waals surface area contributed by atoms with E-state index < -0.39 is 0 Å². The summed E-state index contributed by atoms with van der Waals surface area (Å²) in [7, 11) is 1.58. The molecule has 30 heavy (non-hydrogen) atoms. The molecule has 0 radical (unpaired) electrons. The second-order valence-corrected chi connectivity index (χ2v) is 7.93. The number of benzene rings is 2. The molecule has 0 bridgehead atoms. The lowest BCUT2D eigenvalue weighted by Crippen LogP contribution is -2.31. The Morgan fingerprint density at radius 2 is 1.97 bits per heavy atom. The minimum Gasteiger partial charge on any atom is -0.497 e. The van der Waals surface area contributed by atoms with E-state index in [1.54, 1.807) is 19.2 Å². The lowest BCUT2D eigenvalue weighted by Gasteiger charge is -2.12. The summed E-state index contributed by atoms with van der Waals surface area (Å²) < 4.78 is 8.63. The number of para-hydroxylation sites is 1. The number of hydrogen-bond acceptors (Lipinski definition) is 6. The van der Waals surface area contributed by atoms with Crippen molar-refractivity contribution < 1.29 is 9.53 Å². The number of methoxy groups -OCH3 is 1. The van der Waals surface area contributed by atoms with Crippen LogP contribution in [0.4, 0.5) is 0 Å². The third-order valence-electron chi connectivity index (χ3n) is 4.49. The molecule has 4 aromatic rings. The summed E-state index contributed by atoms with van der Waals surface area (Å²) in [5.74, 6) is 1.12. The van der Waals surface area contributed by atoms with Crippen molar-refractivity contribution in [3.63, 3.8) is 0 Å². The van der Waals surface area contributed by atoms with Gasteiger partial charge in [0.05, 0.1) is 29.5 Å². The highest BCUT2D eigenvalue weighted by Gasteiger charge is 2.19. The molecule has 0 aliphatic carbocycles. The maximum absolute atomic E-state index is 13.3. The highest BCUT2D eigenvalue weighted by molar-refractivity contribution is 7.99. The second kappa shape index (κ2) is 8.19. The number of fused-ring (bicyclic) bond motifs is 3. The van der Waals surface area contributed by atoms with Gasteiger partial charge in [-0.15, -0.1) is 10.2 Å². The highest BCUT2D eigenvalue weighted by Crippen LogP contribution is 2.24. The number of hydrogen-bond donors (Lipinski definition) is 1. The molecule has 4 rings (SSSR count). The Hall–Kier alpha value is -3.33. The first-order chi connectivity index (χ1) is 14.5. The van der Waals surface area contributed by atoms with Crippen LogP contribution in [0.2, 0.25) is 0 Å². The normalized spacial score (nSPS) is 11.3. The summed E-state index contributed by atoms with van der Waals surface area (Å²) in [5, 5.41) is 12.5. The zero-order valence-electron chi connectivity index (χ0n) is 16.8. The van der Waals surface area contributed by atoms with Gasteiger partial charge in [-0.3, -0.25) is 14.0 Å². The predicted molar refractivity (Wildman–Crippen MR) is 117 cm³/mol. The van der Waals surface area contributed by atoms with Gasteiger partial charge in [0.1, 0.15) is 5.75 Å². The Kier molecular flexibility index (Phi) is 5.45. The summed E-state index contributed by atoms with van der Waals surface area (Å²) in [4.78, 5) is 25.4. The summed E-state index contributed by atoms with van der Waals surface area (Å²) >= 11 is 1.28. The molecular weight excluding hydrogens is 402 g/mol. The van der Waals surface area contributed by atoms with Crippen LogP contribution in [0.5, 0.6) is 5.75 Å². The van der Waals surface area contributed by atoms with E-state index in [1.165, 1.54) is 16.3 Å². The molecule has 2 aromatic heterocycles. The molecule has 0 unspecified atom stereocenters. The number of thioether (sulfide) groups is 1. The van der Waals surface area contributed by atoms with Crippen LogP contribution in [-0.4, -0.2) is 44.0 Å². The number of carbonyl (C=O) groups excluding carboxylic acids is 1. The van der Waals surface area contributed by atoms with Crippen LogP contribution in [-0.2, 0) is 4.79 Å². The third-order valence-corrected chi connectivity index (χ3v) is 5.42. The molecule has 0 saturated heterocycles. The molecule has 0 atom stereocenters. The first-order valence-corrected chi connectivity index (χ1v) is 10.4. The molecule has 8 nitrogen and oxygen atoms in total. The molecule has 9 heteroatoms. The van der Waals surface area contributed by atoms with E-state index in [4.69, 9.17) is 4.74 Å². The Morgan fingerprint density at radius 1 is 1.17 bits per heavy atom. The SMILES string of the molecule is COc1cccc(-n2c(=O)c3ccccc3n3c(SCC(=O)NC(C)C)nnc23)c1. The first-order valence-electron chi connectivity index (χ1n) is 9.45. The van der Waals surface area contributed by atoms with Gasteiger partial charge < -0.3 is 10.1 Å². The Labute approximate surface area is 176 Å². The van der Waals surface area contributed by atoms with E-state index in [0.717, 1.165) is 0 Å². The number of nitrogens with zero attached hydrogens (tertiary/aromatic N) is 4. The van der Waals surface area contributed by atoms with Gasteiger partial charge in [-0.1, -0.05) is 30.0 Å². The number of aromatic nitrogens is 4. The monoisotopic (exact) mass is 423 g/mol. The quantitative estimate of drug-likeness (QED) is 0.480. The fraction of sp³-hybridized carbons (Fsp3) is 0.238. The van der Waals surface area contributed by atoms with Crippen LogP contribution >= 0.6 is 11.8 Å². The summed E-state index contributed by atoms with van der Waals surface area (Å²) in [6, 6.07) is 14.6. The first kappa shape index (κ1) is 20.0. The Morgan fingerprint density at radius 3 is 2.73 bits per heavy atom. The average molecular weight is 423 g/mol. The summed E-state index contributed by atoms with van der Waals surface area (Å²) in [5.41, 5.74) is 1.11. The molecule has 0 spiro atoms. The average Bonchev–Trinajstić information content (AvgIpc) is 3.16. The number of nitrogens with one attached hydrogen (secondary N) is 1. The van der Waals surface area contributed by atoms with E-state index >= 15 is 0 Å². The van der Waals surface area contributed by atoms with Gasteiger partial charge >= 0.3 is 0 Å². The predicted octanol–water partition coefficient (Wildman–Crippen LogP) is 2.66. The number of rotatable bonds is 6. The molecule has 0 fully saturated rings. The molecule has 2 aromatic carbocycles. The fourth-order valence-corrected chi connectivity index (χ4v) is 4.00. The van der Waals surface area contributed by atoms with Crippen LogP contribution in [0.25, 0.3) is 22.4 Å². The minimum atomic E-state index is -0.201. The smallest absolute Gasteiger partial charge is 0.267 e. The molecule has 2 heterocycles. The lowest BCUT2D eigenvalue weighted by molar-refractivity contribution is -0.119. The van der Waals surface area contributed by atoms with Gasteiger partial charge in [-0.05, 0) is 38.1 Å². The zero-order chi connectivity index (χ0) is 21.3. The Bertz CT molecular complexity index is 1300. The van der Waals surface area contributed by atoms with Gasteiger partial charge in [0, 0.05) is 12.1 Å². The van der Waals surface area contributed by atoms with Crippen LogP contribution in [0.3, 0.4) is 0 Å². The number of carbonyl (C=O) groups is 1. The topological polar surface area (TPSA) is 90.5 Å². The van der Waals surface area contributed by atoms with Crippen molar-refractivity contribution in [1.29, 1.82) is 0 Å². The van der Waals surface area contributed by atoms with Gasteiger partial charge in [0.25, 0.3) is 5.56 Å². The largest absolute Gasteiger partial charge is 0.497 e. The molecule has 0 aliphatic rings. The van der Waals surface area contributed by atoms with Crippen molar-refractivity contribution in [3.05, 3.63) is 58.9 Å². The minimum absolute atomic E-state index is 0.0623. The van der Waals surface area contributed by atoms with E-state index in [0.29, 0.717) is 33.3 Å². The number of ether oxygens (including phenoxy) is 1. The summed E-state index contributed by atoms with van der Waals surface area (Å²) in [6.45, 7) is 3.82. The van der Waals surface area contributed by atoms with Gasteiger partial charge in [-0.2, -0.15) is 0 Å². The maximum Gasteiger partial charge on any atom is 0.267 e. The van der Waals surface area contributed by atoms with E-state index in [2.05, 4.69) is 15.5 Å². The molecule has 154 valence electrons. The van der Waals surface area contributed by atoms with Crippen molar-refractivity contribution >= 4 is 34.3 Å². The summed E-state index contributed by atoms with van der Waals surface area (Å²) in [6.07, 6.45) is 0. The Balaban J connectivity index is 1.90. The highest BCUT2D eigenvalue weighted by atomic mass is 32.2. The lowest BCUT2D eigenvalue weighted by atomic mass is 10.2. The maximum atomic E-state index is 13.3. The van der Waals surface area contributed by atoms with Crippen molar-refractivity contribution in [3.8, 4) is 11.4 Å². The standard InChI is InChI=1S/C21H21N5O3S/c1-13(2)22-18(27)12-30-21-24-23-20-25(14-7-6-8-15(11-14)29-3)19(28)16-9-4-5-10-17(16)26(20)21/h4-11,13H,12H2,1-3H3,(H,22,27). The van der Waals surface area contributed by atoms with Crippen LogP contribution < -0.4 is 15.6 Å². The van der Waals surface area contributed by atoms with E-state index in [-0.39, 0.29) is 23.3 Å². The van der Waals surface area contributed by atoms with Crippen molar-refractivity contribution in [2.45, 2.75) is 25.0 Å². The zero-order valence-corrected chi connectivity index (χ0v) is 17.6. The van der Waals surface area contributed by atoms with E-state index in [9.17, 15) is 9.59 Å². The van der Waals surface area contributed by atoms with Crippen LogP contribution in [0.15, 0.2) is 58.5 Å². The molecule has 0 saturated carbocycles. The van der Waals surface area contributed by atoms with Gasteiger partial charge in [0.2, 0.25) is 11.7 Å².